The van der Waals surface area contributed by atoms with Gasteiger partial charge in [-0.1, -0.05) is 48.4 Å². The molecule has 0 radical (unpaired) electrons. The van der Waals surface area contributed by atoms with E-state index in [1.807, 2.05) is 0 Å². The van der Waals surface area contributed by atoms with Crippen LogP contribution in [0.15, 0.2) is 36.4 Å². The summed E-state index contributed by atoms with van der Waals surface area (Å²) < 4.78 is 0. The highest BCUT2D eigenvalue weighted by molar-refractivity contribution is 5.71. The highest BCUT2D eigenvalue weighted by atomic mass is 14.5. The van der Waals surface area contributed by atoms with Gasteiger partial charge in [0.25, 0.3) is 0 Å². The maximum absolute atomic E-state index is 5.53. The summed E-state index contributed by atoms with van der Waals surface area (Å²) in [6.07, 6.45) is 4.76. The van der Waals surface area contributed by atoms with Gasteiger partial charge in [0.2, 0.25) is 0 Å². The minimum Gasteiger partial charge on any atom is -0.330 e. The molecule has 0 saturated carbocycles. The van der Waals surface area contributed by atoms with Crippen LogP contribution in [0.25, 0.3) is 11.1 Å². The maximum atomic E-state index is 5.53. The highest BCUT2D eigenvalue weighted by Crippen LogP contribution is 2.28. The molecule has 0 heterocycles. The number of aryl methyl sites for hydroxylation is 4. The summed E-state index contributed by atoms with van der Waals surface area (Å²) in [7, 11) is 0. The zero-order valence-corrected chi connectivity index (χ0v) is 13.6. The Labute approximate surface area is 129 Å². The van der Waals surface area contributed by atoms with Crippen LogP contribution in [-0.4, -0.2) is 6.54 Å². The fraction of sp³-hybridized carbons (Fsp3) is 0.400. The van der Waals surface area contributed by atoms with Crippen molar-refractivity contribution in [3.05, 3.63) is 58.7 Å². The lowest BCUT2D eigenvalue weighted by Gasteiger charge is -2.12. The first-order chi connectivity index (χ1) is 10.1. The van der Waals surface area contributed by atoms with E-state index < -0.39 is 0 Å². The number of hydrogen-bond donors (Lipinski definition) is 1. The Morgan fingerprint density at radius 2 is 1.43 bits per heavy atom. The second-order valence-electron chi connectivity index (χ2n) is 6.07. The Balaban J connectivity index is 2.12. The lowest BCUT2D eigenvalue weighted by atomic mass is 9.93. The molecular weight excluding hydrogens is 254 g/mol. The van der Waals surface area contributed by atoms with Gasteiger partial charge in [-0.15, -0.1) is 0 Å². The van der Waals surface area contributed by atoms with Crippen molar-refractivity contribution in [2.24, 2.45) is 5.73 Å². The Kier molecular flexibility index (Phi) is 5.58. The van der Waals surface area contributed by atoms with Crippen LogP contribution in [0.3, 0.4) is 0 Å². The molecule has 0 bridgehead atoms. The van der Waals surface area contributed by atoms with Gasteiger partial charge >= 0.3 is 0 Å². The summed E-state index contributed by atoms with van der Waals surface area (Å²) in [5.41, 5.74) is 13.7. The van der Waals surface area contributed by atoms with Crippen LogP contribution in [0.4, 0.5) is 0 Å². The Morgan fingerprint density at radius 3 is 2.00 bits per heavy atom. The summed E-state index contributed by atoms with van der Waals surface area (Å²) in [4.78, 5) is 0. The molecule has 0 saturated heterocycles. The molecule has 21 heavy (non-hydrogen) atoms. The molecule has 0 atom stereocenters. The topological polar surface area (TPSA) is 26.0 Å². The van der Waals surface area contributed by atoms with Crippen molar-refractivity contribution in [2.75, 3.05) is 6.54 Å². The molecule has 2 rings (SSSR count). The van der Waals surface area contributed by atoms with Gasteiger partial charge in [0.15, 0.2) is 0 Å². The number of hydrogen-bond acceptors (Lipinski definition) is 1. The van der Waals surface area contributed by atoms with Crippen molar-refractivity contribution < 1.29 is 0 Å². The van der Waals surface area contributed by atoms with Crippen LogP contribution in [-0.2, 0) is 6.42 Å². The monoisotopic (exact) mass is 281 g/mol. The molecule has 0 aliphatic carbocycles. The fourth-order valence-corrected chi connectivity index (χ4v) is 3.12. The maximum Gasteiger partial charge on any atom is -0.00773 e. The third-order valence-corrected chi connectivity index (χ3v) is 4.09. The number of rotatable bonds is 6. The van der Waals surface area contributed by atoms with Crippen molar-refractivity contribution in [1.29, 1.82) is 0 Å². The van der Waals surface area contributed by atoms with E-state index in [2.05, 4.69) is 57.2 Å². The number of benzene rings is 2. The van der Waals surface area contributed by atoms with E-state index >= 15 is 0 Å². The van der Waals surface area contributed by atoms with E-state index in [1.54, 1.807) is 0 Å². The molecule has 1 heteroatoms. The van der Waals surface area contributed by atoms with Crippen molar-refractivity contribution in [2.45, 2.75) is 46.5 Å². The van der Waals surface area contributed by atoms with Gasteiger partial charge in [-0.3, -0.25) is 0 Å². The molecule has 0 aromatic heterocycles. The van der Waals surface area contributed by atoms with Crippen molar-refractivity contribution in [1.82, 2.24) is 0 Å². The third kappa shape index (κ3) is 4.18. The van der Waals surface area contributed by atoms with Gasteiger partial charge in [0, 0.05) is 0 Å². The fourth-order valence-electron chi connectivity index (χ4n) is 3.12. The number of unbranched alkanes of at least 4 members (excludes halogenated alkanes) is 2. The normalized spacial score (nSPS) is 10.9. The minimum absolute atomic E-state index is 0.810. The zero-order valence-electron chi connectivity index (χ0n) is 13.6. The van der Waals surface area contributed by atoms with Crippen LogP contribution in [0.2, 0.25) is 0 Å². The number of nitrogens with two attached hydrogens (primary N) is 1. The second kappa shape index (κ2) is 7.42. The van der Waals surface area contributed by atoms with Gasteiger partial charge < -0.3 is 5.73 Å². The molecule has 2 aromatic carbocycles. The predicted molar refractivity (Wildman–Crippen MR) is 92.7 cm³/mol. The summed E-state index contributed by atoms with van der Waals surface area (Å²) in [5, 5.41) is 0. The van der Waals surface area contributed by atoms with Gasteiger partial charge in [-0.25, -0.2) is 0 Å². The first-order valence-electron chi connectivity index (χ1n) is 7.99. The van der Waals surface area contributed by atoms with E-state index in [-0.39, 0.29) is 0 Å². The molecule has 1 nitrogen and oxygen atoms in total. The van der Waals surface area contributed by atoms with Crippen LogP contribution in [0, 0.1) is 20.8 Å². The van der Waals surface area contributed by atoms with E-state index in [1.165, 1.54) is 46.2 Å². The van der Waals surface area contributed by atoms with E-state index in [0.717, 1.165) is 19.4 Å². The average Bonchev–Trinajstić information content (AvgIpc) is 2.44. The lowest BCUT2D eigenvalue weighted by molar-refractivity contribution is 0.686. The van der Waals surface area contributed by atoms with Gasteiger partial charge in [0.1, 0.15) is 0 Å². The lowest BCUT2D eigenvalue weighted by Crippen LogP contribution is -1.98. The van der Waals surface area contributed by atoms with Gasteiger partial charge in [-0.05, 0) is 74.4 Å². The Bertz CT molecular complexity index is 558. The summed E-state index contributed by atoms with van der Waals surface area (Å²) in [5.74, 6) is 0. The highest BCUT2D eigenvalue weighted by Gasteiger charge is 2.06. The molecule has 0 spiro atoms. The minimum atomic E-state index is 0.810. The second-order valence-corrected chi connectivity index (χ2v) is 6.07. The average molecular weight is 281 g/mol. The van der Waals surface area contributed by atoms with E-state index in [0.29, 0.717) is 0 Å². The zero-order chi connectivity index (χ0) is 15.2. The smallest absolute Gasteiger partial charge is 0.00773 e. The Hall–Kier alpha value is -1.60. The standard InChI is InChI=1S/C20H27N/c1-15-13-16(2)20(17(3)14-15)19-10-8-18(9-11-19)7-5-4-6-12-21/h8-11,13-14H,4-7,12,21H2,1-3H3. The Morgan fingerprint density at radius 1 is 0.810 bits per heavy atom. The molecule has 0 aliphatic rings. The van der Waals surface area contributed by atoms with Gasteiger partial charge in [-0.2, -0.15) is 0 Å². The van der Waals surface area contributed by atoms with Crippen molar-refractivity contribution in [3.8, 4) is 11.1 Å². The predicted octanol–water partition coefficient (Wildman–Crippen LogP) is 4.95. The van der Waals surface area contributed by atoms with E-state index in [4.69, 9.17) is 5.73 Å². The first-order valence-corrected chi connectivity index (χ1v) is 7.99. The van der Waals surface area contributed by atoms with Crippen LogP contribution in [0.1, 0.15) is 41.5 Å². The molecule has 0 unspecified atom stereocenters. The quantitative estimate of drug-likeness (QED) is 0.745. The van der Waals surface area contributed by atoms with E-state index in [9.17, 15) is 0 Å². The summed E-state index contributed by atoms with van der Waals surface area (Å²) >= 11 is 0. The molecule has 2 aromatic rings. The molecular formula is C20H27N. The molecule has 0 fully saturated rings. The van der Waals surface area contributed by atoms with Crippen LogP contribution < -0.4 is 5.73 Å². The van der Waals surface area contributed by atoms with Crippen molar-refractivity contribution >= 4 is 0 Å². The SMILES string of the molecule is Cc1cc(C)c(-c2ccc(CCCCCN)cc2)c(C)c1. The molecule has 2 N–H and O–H groups in total. The van der Waals surface area contributed by atoms with Crippen molar-refractivity contribution in [3.63, 3.8) is 0 Å². The summed E-state index contributed by atoms with van der Waals surface area (Å²) in [6.45, 7) is 7.38. The summed E-state index contributed by atoms with van der Waals surface area (Å²) in [6, 6.07) is 13.6. The van der Waals surface area contributed by atoms with Crippen LogP contribution in [0.5, 0.6) is 0 Å². The molecule has 0 amide bonds. The largest absolute Gasteiger partial charge is 0.330 e. The first kappa shape index (κ1) is 15.8. The van der Waals surface area contributed by atoms with Crippen LogP contribution >= 0.6 is 0 Å². The molecule has 112 valence electrons. The third-order valence-electron chi connectivity index (χ3n) is 4.09. The molecule has 0 aliphatic heterocycles. The van der Waals surface area contributed by atoms with Gasteiger partial charge in [0.05, 0.1) is 0 Å².